The van der Waals surface area contributed by atoms with Gasteiger partial charge in [0.05, 0.1) is 0 Å². The third kappa shape index (κ3) is 4.26. The van der Waals surface area contributed by atoms with E-state index in [1.54, 1.807) is 0 Å². The van der Waals surface area contributed by atoms with E-state index in [4.69, 9.17) is 0 Å². The normalized spacial score (nSPS) is 18.3. The van der Waals surface area contributed by atoms with Crippen molar-refractivity contribution in [2.75, 3.05) is 33.2 Å². The Morgan fingerprint density at radius 3 is 2.13 bits per heavy atom. The minimum atomic E-state index is 0. The Labute approximate surface area is 110 Å². The lowest BCUT2D eigenvalue weighted by Gasteiger charge is -2.31. The zero-order valence-electron chi connectivity index (χ0n) is 10.0. The Morgan fingerprint density at radius 2 is 1.73 bits per heavy atom. The predicted octanol–water partition coefficient (Wildman–Crippen LogP) is 1.81. The van der Waals surface area contributed by atoms with Crippen LogP contribution in [0.25, 0.3) is 0 Å². The van der Waals surface area contributed by atoms with E-state index in [9.17, 15) is 4.79 Å². The summed E-state index contributed by atoms with van der Waals surface area (Å²) in [5.41, 5.74) is 0. The van der Waals surface area contributed by atoms with Gasteiger partial charge in [-0.3, -0.25) is 4.79 Å². The van der Waals surface area contributed by atoms with E-state index in [0.29, 0.717) is 5.91 Å². The molecule has 1 heterocycles. The molecule has 0 N–H and O–H groups in total. The van der Waals surface area contributed by atoms with Gasteiger partial charge in [0.1, 0.15) is 0 Å². The number of halogens is 1. The van der Waals surface area contributed by atoms with E-state index in [-0.39, 0.29) is 29.9 Å². The molecule has 0 aliphatic carbocycles. The Balaban J connectivity index is 0.00000196. The van der Waals surface area contributed by atoms with Crippen molar-refractivity contribution in [3.05, 3.63) is 0 Å². The molecule has 0 spiro atoms. The van der Waals surface area contributed by atoms with Gasteiger partial charge in [0.2, 0.25) is 5.91 Å². The van der Waals surface area contributed by atoms with Crippen LogP contribution in [0.5, 0.6) is 0 Å². The summed E-state index contributed by atoms with van der Waals surface area (Å²) in [4.78, 5) is 16.2. The fourth-order valence-electron chi connectivity index (χ4n) is 2.05. The van der Waals surface area contributed by atoms with Gasteiger partial charge in [0, 0.05) is 19.0 Å². The van der Waals surface area contributed by atoms with Crippen LogP contribution < -0.4 is 0 Å². The molecule has 1 fully saturated rings. The molecule has 1 aliphatic heterocycles. The Morgan fingerprint density at radius 1 is 1.27 bits per heavy atom. The van der Waals surface area contributed by atoms with Gasteiger partial charge in [-0.15, -0.1) is 24.0 Å². The number of carbonyl (C=O) groups excluding carboxylic acids is 1. The van der Waals surface area contributed by atoms with E-state index >= 15 is 0 Å². The first-order valence-corrected chi connectivity index (χ1v) is 5.66. The van der Waals surface area contributed by atoms with Crippen LogP contribution in [0.2, 0.25) is 0 Å². The molecular formula is C11H23IN2O. The zero-order chi connectivity index (χ0) is 10.6. The van der Waals surface area contributed by atoms with Crippen molar-refractivity contribution in [3.8, 4) is 0 Å². The first-order chi connectivity index (χ1) is 6.69. The molecule has 1 aliphatic rings. The van der Waals surface area contributed by atoms with Crippen LogP contribution in [0.3, 0.4) is 0 Å². The van der Waals surface area contributed by atoms with E-state index in [2.05, 4.69) is 25.8 Å². The van der Waals surface area contributed by atoms with Crippen LogP contribution >= 0.6 is 24.0 Å². The summed E-state index contributed by atoms with van der Waals surface area (Å²) in [7, 11) is 2.12. The van der Waals surface area contributed by atoms with Crippen molar-refractivity contribution >= 4 is 29.9 Å². The van der Waals surface area contributed by atoms with Crippen LogP contribution in [0.15, 0.2) is 0 Å². The van der Waals surface area contributed by atoms with E-state index < -0.39 is 0 Å². The van der Waals surface area contributed by atoms with Crippen molar-refractivity contribution in [1.29, 1.82) is 0 Å². The molecule has 0 unspecified atom stereocenters. The lowest BCUT2D eigenvalue weighted by atomic mass is 9.95. The molecule has 15 heavy (non-hydrogen) atoms. The van der Waals surface area contributed by atoms with Crippen molar-refractivity contribution < 1.29 is 4.79 Å². The van der Waals surface area contributed by atoms with Gasteiger partial charge in [0.15, 0.2) is 0 Å². The molecule has 0 atom stereocenters. The molecular weight excluding hydrogens is 303 g/mol. The van der Waals surface area contributed by atoms with Crippen molar-refractivity contribution in [2.24, 2.45) is 5.92 Å². The Bertz CT molecular complexity index is 187. The second-order valence-electron chi connectivity index (χ2n) is 4.09. The largest absolute Gasteiger partial charge is 0.343 e. The van der Waals surface area contributed by atoms with Crippen molar-refractivity contribution in [3.63, 3.8) is 0 Å². The average molecular weight is 326 g/mol. The summed E-state index contributed by atoms with van der Waals surface area (Å²) in [6.45, 7) is 7.94. The summed E-state index contributed by atoms with van der Waals surface area (Å²) in [5.74, 6) is 0.647. The summed E-state index contributed by atoms with van der Waals surface area (Å²) in [5, 5.41) is 0. The summed E-state index contributed by atoms with van der Waals surface area (Å²) < 4.78 is 0. The smallest absolute Gasteiger partial charge is 0.225 e. The van der Waals surface area contributed by atoms with Gasteiger partial charge < -0.3 is 9.80 Å². The third-order valence-electron chi connectivity index (χ3n) is 3.14. The average Bonchev–Trinajstić information content (AvgIpc) is 2.20. The van der Waals surface area contributed by atoms with Crippen molar-refractivity contribution in [2.45, 2.75) is 26.7 Å². The summed E-state index contributed by atoms with van der Waals surface area (Å²) in [6.07, 6.45) is 2.07. The first-order valence-electron chi connectivity index (χ1n) is 5.66. The topological polar surface area (TPSA) is 23.6 Å². The maximum Gasteiger partial charge on any atom is 0.225 e. The summed E-state index contributed by atoms with van der Waals surface area (Å²) in [6, 6.07) is 0. The van der Waals surface area contributed by atoms with Gasteiger partial charge >= 0.3 is 0 Å². The standard InChI is InChI=1S/C11H22N2O.HI/c1-4-13(5-2)11(14)10-6-8-12(3)9-7-10;/h10H,4-9H2,1-3H3;1H. The van der Waals surface area contributed by atoms with E-state index in [1.165, 1.54) is 0 Å². The highest BCUT2D eigenvalue weighted by Gasteiger charge is 2.25. The SMILES string of the molecule is CCN(CC)C(=O)C1CCN(C)CC1.I. The van der Waals surface area contributed by atoms with E-state index in [1.807, 2.05) is 4.90 Å². The predicted molar refractivity (Wildman–Crippen MR) is 73.6 cm³/mol. The maximum absolute atomic E-state index is 12.0. The molecule has 1 amide bonds. The minimum absolute atomic E-state index is 0. The van der Waals surface area contributed by atoms with Crippen LogP contribution in [0.4, 0.5) is 0 Å². The molecule has 0 saturated carbocycles. The number of rotatable bonds is 3. The fraction of sp³-hybridized carbons (Fsp3) is 0.909. The number of likely N-dealkylation sites (tertiary alicyclic amines) is 1. The Hall–Kier alpha value is 0.160. The lowest BCUT2D eigenvalue weighted by molar-refractivity contribution is -0.136. The molecule has 0 radical (unpaired) electrons. The number of hydrogen-bond acceptors (Lipinski definition) is 2. The minimum Gasteiger partial charge on any atom is -0.343 e. The highest BCUT2D eigenvalue weighted by atomic mass is 127. The second-order valence-corrected chi connectivity index (χ2v) is 4.09. The molecule has 90 valence electrons. The maximum atomic E-state index is 12.0. The molecule has 1 rings (SSSR count). The number of nitrogens with zero attached hydrogens (tertiary/aromatic N) is 2. The molecule has 4 heteroatoms. The molecule has 3 nitrogen and oxygen atoms in total. The van der Waals surface area contributed by atoms with E-state index in [0.717, 1.165) is 39.0 Å². The van der Waals surface area contributed by atoms with Crippen molar-refractivity contribution in [1.82, 2.24) is 9.80 Å². The highest BCUT2D eigenvalue weighted by molar-refractivity contribution is 14.0. The number of amides is 1. The number of piperidine rings is 1. The summed E-state index contributed by atoms with van der Waals surface area (Å²) >= 11 is 0. The van der Waals surface area contributed by atoms with Gasteiger partial charge in [-0.1, -0.05) is 0 Å². The van der Waals surface area contributed by atoms with Gasteiger partial charge in [-0.05, 0) is 46.8 Å². The number of carbonyl (C=O) groups is 1. The number of hydrogen-bond donors (Lipinski definition) is 0. The van der Waals surface area contributed by atoms with Crippen LogP contribution in [-0.4, -0.2) is 48.9 Å². The second kappa shape index (κ2) is 7.44. The van der Waals surface area contributed by atoms with Gasteiger partial charge in [-0.25, -0.2) is 0 Å². The molecule has 0 bridgehead atoms. The van der Waals surface area contributed by atoms with Crippen LogP contribution in [0, 0.1) is 5.92 Å². The van der Waals surface area contributed by atoms with Gasteiger partial charge in [0.25, 0.3) is 0 Å². The first kappa shape index (κ1) is 15.2. The van der Waals surface area contributed by atoms with Crippen LogP contribution in [0.1, 0.15) is 26.7 Å². The third-order valence-corrected chi connectivity index (χ3v) is 3.14. The lowest BCUT2D eigenvalue weighted by Crippen LogP contribution is -2.41. The highest BCUT2D eigenvalue weighted by Crippen LogP contribution is 2.18. The molecule has 0 aromatic carbocycles. The molecule has 0 aromatic heterocycles. The monoisotopic (exact) mass is 326 g/mol. The van der Waals surface area contributed by atoms with Crippen LogP contribution in [-0.2, 0) is 4.79 Å². The van der Waals surface area contributed by atoms with Gasteiger partial charge in [-0.2, -0.15) is 0 Å². The zero-order valence-corrected chi connectivity index (χ0v) is 12.4. The quantitative estimate of drug-likeness (QED) is 0.739. The fourth-order valence-corrected chi connectivity index (χ4v) is 2.05. The molecule has 1 saturated heterocycles. The Kier molecular flexibility index (Phi) is 7.52. The molecule has 0 aromatic rings.